The molecule has 2 heterocycles. The van der Waals surface area contributed by atoms with E-state index in [4.69, 9.17) is 0 Å². The maximum atomic E-state index is 11.2. The van der Waals surface area contributed by atoms with Crippen LogP contribution >= 0.6 is 0 Å². The zero-order valence-electron chi connectivity index (χ0n) is 9.97. The fraction of sp³-hybridized carbons (Fsp3) is 0.500. The molecular weight excluding hydrogens is 220 g/mol. The van der Waals surface area contributed by atoms with Gasteiger partial charge in [0.25, 0.3) is 0 Å². The van der Waals surface area contributed by atoms with Gasteiger partial charge in [-0.3, -0.25) is 0 Å². The Bertz CT molecular complexity index is 545. The van der Waals surface area contributed by atoms with Crippen molar-refractivity contribution in [3.63, 3.8) is 0 Å². The zero-order chi connectivity index (χ0) is 12.3. The lowest BCUT2D eigenvalue weighted by Gasteiger charge is -2.14. The van der Waals surface area contributed by atoms with E-state index in [1.165, 1.54) is 10.7 Å². The van der Waals surface area contributed by atoms with Crippen LogP contribution in [0.5, 0.6) is 0 Å². The molecule has 0 saturated heterocycles. The number of fused-ring (bicyclic) bond motifs is 1. The molecule has 0 aliphatic carbocycles. The van der Waals surface area contributed by atoms with Crippen LogP contribution in [0.25, 0.3) is 5.65 Å². The summed E-state index contributed by atoms with van der Waals surface area (Å²) in [6.45, 7) is 4.88. The lowest BCUT2D eigenvalue weighted by molar-refractivity contribution is 0.367. The summed E-state index contributed by atoms with van der Waals surface area (Å²) in [6.07, 6.45) is 1.47. The second kappa shape index (κ2) is 4.96. The lowest BCUT2D eigenvalue weighted by Crippen LogP contribution is -2.25. The number of hydrogen-bond acceptors (Lipinski definition) is 5. The zero-order valence-corrected chi connectivity index (χ0v) is 9.97. The number of nitrogens with zero attached hydrogens (tertiary/aromatic N) is 4. The molecule has 2 aromatic rings. The Kier molecular flexibility index (Phi) is 3.38. The van der Waals surface area contributed by atoms with Crippen LogP contribution in [0.3, 0.4) is 0 Å². The molecule has 0 radical (unpaired) electrons. The molecule has 2 rings (SSSR count). The van der Waals surface area contributed by atoms with Crippen molar-refractivity contribution >= 4 is 11.5 Å². The average Bonchev–Trinajstić information content (AvgIpc) is 2.70. The molecule has 17 heavy (non-hydrogen) atoms. The molecule has 0 aliphatic heterocycles. The standard InChI is InChI=1S/C10H16N6O/c1-3-15(2)5-4-11-8-6-9-13-14-10(17)16(9)7-12-8/h6-7,11H,3-5H2,1-2H3,(H,14,17). The molecule has 92 valence electrons. The van der Waals surface area contributed by atoms with Crippen LogP contribution < -0.4 is 11.0 Å². The normalized spacial score (nSPS) is 11.2. The van der Waals surface area contributed by atoms with Gasteiger partial charge in [-0.2, -0.15) is 5.10 Å². The van der Waals surface area contributed by atoms with Crippen LogP contribution in [0.2, 0.25) is 0 Å². The Hall–Kier alpha value is -1.89. The van der Waals surface area contributed by atoms with Crippen molar-refractivity contribution < 1.29 is 0 Å². The fourth-order valence-electron chi connectivity index (χ4n) is 1.44. The molecule has 0 fully saturated rings. The van der Waals surface area contributed by atoms with E-state index in [1.807, 2.05) is 0 Å². The summed E-state index contributed by atoms with van der Waals surface area (Å²) in [7, 11) is 2.06. The van der Waals surface area contributed by atoms with Gasteiger partial charge in [-0.15, -0.1) is 0 Å². The highest BCUT2D eigenvalue weighted by molar-refractivity contribution is 5.48. The third-order valence-electron chi connectivity index (χ3n) is 2.65. The van der Waals surface area contributed by atoms with Gasteiger partial charge in [0, 0.05) is 19.2 Å². The molecule has 2 aromatic heterocycles. The second-order valence-corrected chi connectivity index (χ2v) is 3.85. The van der Waals surface area contributed by atoms with Crippen molar-refractivity contribution in [2.75, 3.05) is 32.0 Å². The number of hydrogen-bond donors (Lipinski definition) is 2. The topological polar surface area (TPSA) is 78.3 Å². The Morgan fingerprint density at radius 2 is 2.41 bits per heavy atom. The number of anilines is 1. The molecule has 0 aliphatic rings. The maximum absolute atomic E-state index is 11.2. The van der Waals surface area contributed by atoms with Gasteiger partial charge >= 0.3 is 5.69 Å². The van der Waals surface area contributed by atoms with Crippen molar-refractivity contribution in [3.05, 3.63) is 22.9 Å². The first-order valence-electron chi connectivity index (χ1n) is 5.56. The van der Waals surface area contributed by atoms with E-state index in [1.54, 1.807) is 6.07 Å². The van der Waals surface area contributed by atoms with Crippen LogP contribution in [0.4, 0.5) is 5.82 Å². The molecule has 0 bridgehead atoms. The highest BCUT2D eigenvalue weighted by Crippen LogP contribution is 2.03. The van der Waals surface area contributed by atoms with Gasteiger partial charge in [-0.1, -0.05) is 6.92 Å². The predicted octanol–water partition coefficient (Wildman–Crippen LogP) is -0.219. The van der Waals surface area contributed by atoms with Gasteiger partial charge in [-0.25, -0.2) is 19.3 Å². The first-order chi connectivity index (χ1) is 8.20. The largest absolute Gasteiger partial charge is 0.369 e. The predicted molar refractivity (Wildman–Crippen MR) is 65.3 cm³/mol. The smallest absolute Gasteiger partial charge is 0.348 e. The average molecular weight is 236 g/mol. The monoisotopic (exact) mass is 236 g/mol. The van der Waals surface area contributed by atoms with Crippen LogP contribution in [-0.4, -0.2) is 51.2 Å². The van der Waals surface area contributed by atoms with Gasteiger partial charge in [0.05, 0.1) is 0 Å². The van der Waals surface area contributed by atoms with E-state index in [0.29, 0.717) is 5.65 Å². The lowest BCUT2D eigenvalue weighted by atomic mass is 10.5. The van der Waals surface area contributed by atoms with Gasteiger partial charge in [-0.05, 0) is 13.6 Å². The fourth-order valence-corrected chi connectivity index (χ4v) is 1.44. The molecule has 0 aromatic carbocycles. The molecule has 0 amide bonds. The number of aromatic amines is 1. The van der Waals surface area contributed by atoms with E-state index in [2.05, 4.69) is 39.4 Å². The minimum absolute atomic E-state index is 0.273. The molecule has 0 atom stereocenters. The number of rotatable bonds is 5. The van der Waals surface area contributed by atoms with Crippen LogP contribution in [0.15, 0.2) is 17.2 Å². The summed E-state index contributed by atoms with van der Waals surface area (Å²) in [4.78, 5) is 17.5. The quantitative estimate of drug-likeness (QED) is 0.750. The molecular formula is C10H16N6O. The van der Waals surface area contributed by atoms with Gasteiger partial charge in [0.1, 0.15) is 12.1 Å². The molecule has 0 saturated carbocycles. The summed E-state index contributed by atoms with van der Waals surface area (Å²) in [6, 6.07) is 1.74. The number of H-pyrrole nitrogens is 1. The van der Waals surface area contributed by atoms with Gasteiger partial charge in [0.2, 0.25) is 0 Å². The third kappa shape index (κ3) is 2.62. The summed E-state index contributed by atoms with van der Waals surface area (Å²) in [5.74, 6) is 0.723. The number of aromatic nitrogens is 4. The molecule has 2 N–H and O–H groups in total. The molecule has 0 unspecified atom stereocenters. The van der Waals surface area contributed by atoms with Crippen LogP contribution in [0.1, 0.15) is 6.92 Å². The van der Waals surface area contributed by atoms with Crippen molar-refractivity contribution in [2.24, 2.45) is 0 Å². The highest BCUT2D eigenvalue weighted by Gasteiger charge is 2.02. The SMILES string of the molecule is CCN(C)CCNc1cc2n[nH]c(=O)n2cn1. The van der Waals surface area contributed by atoms with Gasteiger partial charge < -0.3 is 10.2 Å². The van der Waals surface area contributed by atoms with Crippen molar-refractivity contribution in [1.29, 1.82) is 0 Å². The minimum Gasteiger partial charge on any atom is -0.369 e. The number of nitrogens with one attached hydrogen (secondary N) is 2. The first-order valence-corrected chi connectivity index (χ1v) is 5.56. The van der Waals surface area contributed by atoms with E-state index in [0.717, 1.165) is 25.5 Å². The number of likely N-dealkylation sites (N-methyl/N-ethyl adjacent to an activating group) is 1. The van der Waals surface area contributed by atoms with Crippen LogP contribution in [-0.2, 0) is 0 Å². The van der Waals surface area contributed by atoms with E-state index < -0.39 is 0 Å². The van der Waals surface area contributed by atoms with Crippen LogP contribution in [0, 0.1) is 0 Å². The maximum Gasteiger partial charge on any atom is 0.348 e. The van der Waals surface area contributed by atoms with Crippen molar-refractivity contribution in [1.82, 2.24) is 24.5 Å². The van der Waals surface area contributed by atoms with E-state index in [-0.39, 0.29) is 5.69 Å². The van der Waals surface area contributed by atoms with E-state index >= 15 is 0 Å². The first kappa shape index (κ1) is 11.6. The van der Waals surface area contributed by atoms with Crippen molar-refractivity contribution in [2.45, 2.75) is 6.92 Å². The van der Waals surface area contributed by atoms with Crippen molar-refractivity contribution in [3.8, 4) is 0 Å². The summed E-state index contributed by atoms with van der Waals surface area (Å²) in [5, 5.41) is 9.43. The summed E-state index contributed by atoms with van der Waals surface area (Å²) < 4.78 is 1.36. The Morgan fingerprint density at radius 3 is 3.18 bits per heavy atom. The molecule has 7 heteroatoms. The Balaban J connectivity index is 2.02. The molecule has 0 spiro atoms. The van der Waals surface area contributed by atoms with Gasteiger partial charge in [0.15, 0.2) is 5.65 Å². The second-order valence-electron chi connectivity index (χ2n) is 3.85. The highest BCUT2D eigenvalue weighted by atomic mass is 16.1. The third-order valence-corrected chi connectivity index (χ3v) is 2.65. The van der Waals surface area contributed by atoms with E-state index in [9.17, 15) is 4.79 Å². The minimum atomic E-state index is -0.273. The Labute approximate surface area is 98.5 Å². The molecule has 7 nitrogen and oxygen atoms in total. The summed E-state index contributed by atoms with van der Waals surface area (Å²) in [5.41, 5.74) is 0.293. The Morgan fingerprint density at radius 1 is 1.59 bits per heavy atom. The summed E-state index contributed by atoms with van der Waals surface area (Å²) >= 11 is 0.